The van der Waals surface area contributed by atoms with Crippen LogP contribution >= 0.6 is 0 Å². The van der Waals surface area contributed by atoms with E-state index in [4.69, 9.17) is 9.47 Å². The van der Waals surface area contributed by atoms with Crippen LogP contribution in [0.3, 0.4) is 0 Å². The number of allylic oxidation sites excluding steroid dienone is 2. The lowest BCUT2D eigenvalue weighted by Gasteiger charge is -2.33. The van der Waals surface area contributed by atoms with Gasteiger partial charge in [0.15, 0.2) is 5.79 Å². The van der Waals surface area contributed by atoms with Crippen molar-refractivity contribution in [3.05, 3.63) is 12.2 Å². The van der Waals surface area contributed by atoms with Crippen molar-refractivity contribution in [2.24, 2.45) is 0 Å². The molecule has 0 aromatic carbocycles. The zero-order valence-electron chi connectivity index (χ0n) is 15.1. The molecule has 0 amide bonds. The van der Waals surface area contributed by atoms with Crippen LogP contribution in [0.15, 0.2) is 12.2 Å². The largest absolute Gasteiger partial charge is 0.350 e. The zero-order valence-corrected chi connectivity index (χ0v) is 15.1. The predicted octanol–water partition coefficient (Wildman–Crippen LogP) is 6.40. The highest BCUT2D eigenvalue weighted by molar-refractivity contribution is 4.81. The number of ether oxygens (including phenoxy) is 2. The monoisotopic (exact) mass is 310 g/mol. The molecule has 0 aromatic rings. The fourth-order valence-electron chi connectivity index (χ4n) is 3.41. The molecule has 0 saturated carbocycles. The number of hydrogen-bond acceptors (Lipinski definition) is 2. The average molecular weight is 311 g/mol. The van der Waals surface area contributed by atoms with Gasteiger partial charge in [0.25, 0.3) is 0 Å². The summed E-state index contributed by atoms with van der Waals surface area (Å²) in [5.41, 5.74) is 0. The first-order valence-electron chi connectivity index (χ1n) is 9.76. The molecule has 0 bridgehead atoms. The first-order chi connectivity index (χ1) is 10.8. The molecule has 0 N–H and O–H groups in total. The van der Waals surface area contributed by atoms with Crippen molar-refractivity contribution in [1.29, 1.82) is 0 Å². The minimum absolute atomic E-state index is 0.305. The van der Waals surface area contributed by atoms with Crippen LogP contribution in [0.1, 0.15) is 97.3 Å². The van der Waals surface area contributed by atoms with Gasteiger partial charge in [-0.15, -0.1) is 0 Å². The number of rotatable bonds is 4. The lowest BCUT2D eigenvalue weighted by atomic mass is 9.98. The molecule has 0 radical (unpaired) electrons. The third kappa shape index (κ3) is 8.95. The van der Waals surface area contributed by atoms with Crippen molar-refractivity contribution in [3.8, 4) is 0 Å². The smallest absolute Gasteiger partial charge is 0.168 e. The minimum Gasteiger partial charge on any atom is -0.350 e. The molecule has 2 heteroatoms. The molecule has 1 aliphatic rings. The molecule has 0 spiro atoms. The summed E-state index contributed by atoms with van der Waals surface area (Å²) in [5.74, 6) is -0.305. The molecule has 0 saturated heterocycles. The van der Waals surface area contributed by atoms with Crippen LogP contribution in [-0.2, 0) is 9.47 Å². The third-order valence-electron chi connectivity index (χ3n) is 4.59. The van der Waals surface area contributed by atoms with Crippen molar-refractivity contribution in [2.45, 2.75) is 103 Å². The highest BCUT2D eigenvalue weighted by Gasteiger charge is 2.30. The van der Waals surface area contributed by atoms with E-state index in [0.29, 0.717) is 0 Å². The van der Waals surface area contributed by atoms with Crippen LogP contribution in [0.25, 0.3) is 0 Å². The van der Waals surface area contributed by atoms with Gasteiger partial charge < -0.3 is 9.47 Å². The molecule has 0 aromatic heterocycles. The van der Waals surface area contributed by atoms with E-state index >= 15 is 0 Å². The maximum atomic E-state index is 6.08. The highest BCUT2D eigenvalue weighted by Crippen LogP contribution is 2.29. The Kier molecular flexibility index (Phi) is 11.8. The topological polar surface area (TPSA) is 18.5 Å². The SMILES string of the molecule is CCOC1(OCC)CCCCCC/C=C/CCCCCCC1. The molecule has 1 rings (SSSR count). The van der Waals surface area contributed by atoms with Gasteiger partial charge in [-0.2, -0.15) is 0 Å². The molecule has 1 aliphatic carbocycles. The van der Waals surface area contributed by atoms with Crippen LogP contribution in [-0.4, -0.2) is 19.0 Å². The van der Waals surface area contributed by atoms with Crippen LogP contribution in [0.2, 0.25) is 0 Å². The van der Waals surface area contributed by atoms with Gasteiger partial charge in [0.1, 0.15) is 0 Å². The molecule has 0 heterocycles. The Labute approximate surface area is 138 Å². The van der Waals surface area contributed by atoms with Crippen LogP contribution in [0.4, 0.5) is 0 Å². The van der Waals surface area contributed by atoms with Gasteiger partial charge in [0.05, 0.1) is 0 Å². The summed E-state index contributed by atoms with van der Waals surface area (Å²) in [4.78, 5) is 0. The Bertz CT molecular complexity index is 267. The fraction of sp³-hybridized carbons (Fsp3) is 0.900. The first-order valence-corrected chi connectivity index (χ1v) is 9.76. The van der Waals surface area contributed by atoms with Gasteiger partial charge >= 0.3 is 0 Å². The van der Waals surface area contributed by atoms with Gasteiger partial charge in [-0.3, -0.25) is 0 Å². The van der Waals surface area contributed by atoms with Crippen molar-refractivity contribution in [1.82, 2.24) is 0 Å². The molecular weight excluding hydrogens is 272 g/mol. The number of hydrogen-bond donors (Lipinski definition) is 0. The zero-order chi connectivity index (χ0) is 15.9. The molecule has 22 heavy (non-hydrogen) atoms. The molecule has 130 valence electrons. The van der Waals surface area contributed by atoms with Crippen molar-refractivity contribution in [3.63, 3.8) is 0 Å². The van der Waals surface area contributed by atoms with E-state index in [2.05, 4.69) is 26.0 Å². The van der Waals surface area contributed by atoms with E-state index in [0.717, 1.165) is 26.1 Å². The van der Waals surface area contributed by atoms with Gasteiger partial charge in [-0.05, 0) is 52.4 Å². The Balaban J connectivity index is 2.50. The van der Waals surface area contributed by atoms with E-state index in [1.165, 1.54) is 70.6 Å². The summed E-state index contributed by atoms with van der Waals surface area (Å²) >= 11 is 0. The van der Waals surface area contributed by atoms with E-state index < -0.39 is 0 Å². The summed E-state index contributed by atoms with van der Waals surface area (Å²) in [6.45, 7) is 5.69. The van der Waals surface area contributed by atoms with Crippen molar-refractivity contribution in [2.75, 3.05) is 13.2 Å². The highest BCUT2D eigenvalue weighted by atomic mass is 16.7. The summed E-state index contributed by atoms with van der Waals surface area (Å²) in [7, 11) is 0. The van der Waals surface area contributed by atoms with Crippen LogP contribution in [0, 0.1) is 0 Å². The second-order valence-corrected chi connectivity index (χ2v) is 6.51. The maximum absolute atomic E-state index is 6.08. The van der Waals surface area contributed by atoms with Gasteiger partial charge in [0, 0.05) is 26.1 Å². The molecule has 0 fully saturated rings. The molecule has 0 aliphatic heterocycles. The molecule has 2 nitrogen and oxygen atoms in total. The lowest BCUT2D eigenvalue weighted by Crippen LogP contribution is -2.36. The molecular formula is C20H38O2. The van der Waals surface area contributed by atoms with Crippen molar-refractivity contribution >= 4 is 0 Å². The first kappa shape index (κ1) is 19.7. The van der Waals surface area contributed by atoms with E-state index in [1.54, 1.807) is 0 Å². The summed E-state index contributed by atoms with van der Waals surface area (Å²) < 4.78 is 12.2. The van der Waals surface area contributed by atoms with Gasteiger partial charge in [0.2, 0.25) is 0 Å². The van der Waals surface area contributed by atoms with Crippen LogP contribution in [0.5, 0.6) is 0 Å². The summed E-state index contributed by atoms with van der Waals surface area (Å²) in [6.07, 6.45) is 21.2. The Morgan fingerprint density at radius 2 is 1.05 bits per heavy atom. The normalized spacial score (nSPS) is 23.9. The van der Waals surface area contributed by atoms with Gasteiger partial charge in [-0.1, -0.05) is 44.3 Å². The fourth-order valence-corrected chi connectivity index (χ4v) is 3.41. The summed E-state index contributed by atoms with van der Waals surface area (Å²) in [6, 6.07) is 0. The third-order valence-corrected chi connectivity index (χ3v) is 4.59. The molecule has 0 atom stereocenters. The van der Waals surface area contributed by atoms with E-state index in [9.17, 15) is 0 Å². The predicted molar refractivity (Wildman–Crippen MR) is 95.1 cm³/mol. The Morgan fingerprint density at radius 3 is 1.50 bits per heavy atom. The van der Waals surface area contributed by atoms with Crippen molar-refractivity contribution < 1.29 is 9.47 Å². The lowest BCUT2D eigenvalue weighted by molar-refractivity contribution is -0.242. The minimum atomic E-state index is -0.305. The maximum Gasteiger partial charge on any atom is 0.168 e. The molecule has 0 unspecified atom stereocenters. The summed E-state index contributed by atoms with van der Waals surface area (Å²) in [5, 5.41) is 0. The Morgan fingerprint density at radius 1 is 0.636 bits per heavy atom. The second kappa shape index (κ2) is 13.1. The van der Waals surface area contributed by atoms with E-state index in [1.807, 2.05) is 0 Å². The van der Waals surface area contributed by atoms with Gasteiger partial charge in [-0.25, -0.2) is 0 Å². The standard InChI is InChI=1S/C20H38O2/c1-3-21-20(22-4-2)18-16-14-12-10-8-6-5-7-9-11-13-15-17-19-20/h5-6H,3-4,7-19H2,1-2H3/b6-5+. The quantitative estimate of drug-likeness (QED) is 0.442. The Hall–Kier alpha value is -0.340. The van der Waals surface area contributed by atoms with E-state index in [-0.39, 0.29) is 5.79 Å². The average Bonchev–Trinajstić information content (AvgIpc) is 2.50. The second-order valence-electron chi connectivity index (χ2n) is 6.51. The van der Waals surface area contributed by atoms with Crippen LogP contribution < -0.4 is 0 Å².